The van der Waals surface area contributed by atoms with E-state index in [1.165, 1.54) is 30.5 Å². The summed E-state index contributed by atoms with van der Waals surface area (Å²) in [5.41, 5.74) is 3.72. The first-order valence-corrected chi connectivity index (χ1v) is 7.77. The number of para-hydroxylation sites is 1. The molecule has 1 saturated carbocycles. The Morgan fingerprint density at radius 2 is 2.05 bits per heavy atom. The third-order valence-corrected chi connectivity index (χ3v) is 4.14. The molecule has 1 fully saturated rings. The molecule has 1 aromatic heterocycles. The first-order valence-electron chi connectivity index (χ1n) is 7.77. The van der Waals surface area contributed by atoms with Crippen molar-refractivity contribution in [3.8, 4) is 0 Å². The number of aromatic nitrogens is 2. The molecule has 0 unspecified atom stereocenters. The van der Waals surface area contributed by atoms with Crippen molar-refractivity contribution in [2.24, 2.45) is 0 Å². The Balaban J connectivity index is 1.71. The zero-order chi connectivity index (χ0) is 14.2. The maximum atomic E-state index is 4.74. The summed E-state index contributed by atoms with van der Waals surface area (Å²) in [6, 6.07) is 11.3. The van der Waals surface area contributed by atoms with Gasteiger partial charge in [0.1, 0.15) is 5.82 Å². The molecule has 108 valence electrons. The van der Waals surface area contributed by atoms with Crippen molar-refractivity contribution >= 4 is 17.5 Å². The largest absolute Gasteiger partial charge is 0.351 e. The van der Waals surface area contributed by atoms with Crippen LogP contribution in [0.4, 0.5) is 17.5 Å². The summed E-state index contributed by atoms with van der Waals surface area (Å²) >= 11 is 0. The zero-order valence-electron chi connectivity index (χ0n) is 12.3. The van der Waals surface area contributed by atoms with E-state index in [0.29, 0.717) is 6.04 Å². The van der Waals surface area contributed by atoms with Crippen LogP contribution in [-0.4, -0.2) is 22.6 Å². The molecule has 4 nitrogen and oxygen atoms in total. The predicted molar refractivity (Wildman–Crippen MR) is 85.2 cm³/mol. The van der Waals surface area contributed by atoms with E-state index < -0.39 is 0 Å². The molecule has 21 heavy (non-hydrogen) atoms. The highest BCUT2D eigenvalue weighted by Crippen LogP contribution is 2.33. The molecule has 0 amide bonds. The Hall–Kier alpha value is -2.10. The number of fused-ring (bicyclic) bond motifs is 1. The molecule has 0 radical (unpaired) electrons. The number of nitrogens with one attached hydrogen (secondary N) is 1. The minimum atomic E-state index is 0.577. The quantitative estimate of drug-likeness (QED) is 0.935. The predicted octanol–water partition coefficient (Wildman–Crippen LogP) is 3.44. The number of aryl methyl sites for hydroxylation is 2. The third-order valence-electron chi connectivity index (χ3n) is 4.14. The highest BCUT2D eigenvalue weighted by atomic mass is 15.2. The van der Waals surface area contributed by atoms with Crippen molar-refractivity contribution < 1.29 is 0 Å². The van der Waals surface area contributed by atoms with Gasteiger partial charge in [-0.1, -0.05) is 18.2 Å². The van der Waals surface area contributed by atoms with Gasteiger partial charge in [-0.15, -0.1) is 0 Å². The molecule has 0 bridgehead atoms. The summed E-state index contributed by atoms with van der Waals surface area (Å²) in [5.74, 6) is 1.79. The highest BCUT2D eigenvalue weighted by Gasteiger charge is 2.23. The normalized spacial score (nSPS) is 17.5. The van der Waals surface area contributed by atoms with Gasteiger partial charge in [0.05, 0.1) is 0 Å². The highest BCUT2D eigenvalue weighted by molar-refractivity contribution is 5.66. The molecule has 2 heterocycles. The molecule has 1 N–H and O–H groups in total. The Bertz CT molecular complexity index is 664. The number of hydrogen-bond donors (Lipinski definition) is 1. The average molecular weight is 280 g/mol. The SMILES string of the molecule is Cc1cc(N2CCCc3ccccc32)nc(NC2CC2)n1. The number of hydrogen-bond acceptors (Lipinski definition) is 4. The van der Waals surface area contributed by atoms with Gasteiger partial charge in [-0.05, 0) is 44.2 Å². The van der Waals surface area contributed by atoms with Gasteiger partial charge in [0, 0.05) is 30.0 Å². The molecule has 0 atom stereocenters. The average Bonchev–Trinajstić information content (AvgIpc) is 3.30. The van der Waals surface area contributed by atoms with E-state index in [4.69, 9.17) is 4.98 Å². The Morgan fingerprint density at radius 3 is 2.90 bits per heavy atom. The van der Waals surface area contributed by atoms with Crippen molar-refractivity contribution in [3.05, 3.63) is 41.6 Å². The molecule has 0 saturated heterocycles. The Morgan fingerprint density at radius 1 is 1.19 bits per heavy atom. The summed E-state index contributed by atoms with van der Waals surface area (Å²) in [5, 5.41) is 3.41. The van der Waals surface area contributed by atoms with Crippen molar-refractivity contribution in [3.63, 3.8) is 0 Å². The van der Waals surface area contributed by atoms with Gasteiger partial charge in [0.25, 0.3) is 0 Å². The molecule has 2 aliphatic rings. The van der Waals surface area contributed by atoms with E-state index in [-0.39, 0.29) is 0 Å². The van der Waals surface area contributed by atoms with E-state index in [1.54, 1.807) is 0 Å². The maximum absolute atomic E-state index is 4.74. The lowest BCUT2D eigenvalue weighted by Gasteiger charge is -2.30. The lowest BCUT2D eigenvalue weighted by Crippen LogP contribution is -2.26. The van der Waals surface area contributed by atoms with E-state index in [2.05, 4.69) is 45.5 Å². The lowest BCUT2D eigenvalue weighted by atomic mass is 10.0. The first-order chi connectivity index (χ1) is 10.3. The van der Waals surface area contributed by atoms with Crippen LogP contribution in [0.15, 0.2) is 30.3 Å². The number of nitrogens with zero attached hydrogens (tertiary/aromatic N) is 3. The van der Waals surface area contributed by atoms with E-state index in [0.717, 1.165) is 30.4 Å². The molecular formula is C17H20N4. The topological polar surface area (TPSA) is 41.1 Å². The molecular weight excluding hydrogens is 260 g/mol. The van der Waals surface area contributed by atoms with Crippen molar-refractivity contribution in [2.45, 2.75) is 38.6 Å². The smallest absolute Gasteiger partial charge is 0.225 e. The van der Waals surface area contributed by atoms with Crippen LogP contribution >= 0.6 is 0 Å². The summed E-state index contributed by atoms with van der Waals surface area (Å²) in [6.07, 6.45) is 4.80. The molecule has 1 aliphatic carbocycles. The molecule has 2 aromatic rings. The first kappa shape index (κ1) is 12.6. The molecule has 4 rings (SSSR count). The van der Waals surface area contributed by atoms with Gasteiger partial charge >= 0.3 is 0 Å². The van der Waals surface area contributed by atoms with Gasteiger partial charge in [-0.3, -0.25) is 0 Å². The number of rotatable bonds is 3. The van der Waals surface area contributed by atoms with Crippen molar-refractivity contribution in [2.75, 3.05) is 16.8 Å². The van der Waals surface area contributed by atoms with Crippen LogP contribution in [0, 0.1) is 6.92 Å². The van der Waals surface area contributed by atoms with Crippen LogP contribution in [0.2, 0.25) is 0 Å². The zero-order valence-corrected chi connectivity index (χ0v) is 12.3. The minimum absolute atomic E-state index is 0.577. The summed E-state index contributed by atoms with van der Waals surface area (Å²) in [4.78, 5) is 11.6. The summed E-state index contributed by atoms with van der Waals surface area (Å²) in [6.45, 7) is 3.06. The molecule has 4 heteroatoms. The maximum Gasteiger partial charge on any atom is 0.225 e. The molecule has 1 aliphatic heterocycles. The van der Waals surface area contributed by atoms with E-state index >= 15 is 0 Å². The summed E-state index contributed by atoms with van der Waals surface area (Å²) in [7, 11) is 0. The van der Waals surface area contributed by atoms with Crippen molar-refractivity contribution in [1.82, 2.24) is 9.97 Å². The van der Waals surface area contributed by atoms with Crippen LogP contribution in [0.25, 0.3) is 0 Å². The van der Waals surface area contributed by atoms with E-state index in [9.17, 15) is 0 Å². The van der Waals surface area contributed by atoms with Gasteiger partial charge in [-0.25, -0.2) is 4.98 Å². The van der Waals surface area contributed by atoms with Gasteiger partial charge < -0.3 is 10.2 Å². The fraction of sp³-hybridized carbons (Fsp3) is 0.412. The van der Waals surface area contributed by atoms with E-state index in [1.807, 2.05) is 6.92 Å². The third kappa shape index (κ3) is 2.58. The van der Waals surface area contributed by atoms with Crippen LogP contribution in [0.3, 0.4) is 0 Å². The van der Waals surface area contributed by atoms with Crippen LogP contribution < -0.4 is 10.2 Å². The second kappa shape index (κ2) is 5.02. The van der Waals surface area contributed by atoms with Gasteiger partial charge in [0.2, 0.25) is 5.95 Å². The standard InChI is InChI=1S/C17H20N4/c1-12-11-16(20-17(18-12)19-14-8-9-14)21-10-4-6-13-5-2-3-7-15(13)21/h2-3,5,7,11,14H,4,6,8-10H2,1H3,(H,18,19,20). The van der Waals surface area contributed by atoms with Gasteiger partial charge in [0.15, 0.2) is 0 Å². The fourth-order valence-electron chi connectivity index (χ4n) is 2.94. The summed E-state index contributed by atoms with van der Waals surface area (Å²) < 4.78 is 0. The Kier molecular flexibility index (Phi) is 3.02. The molecule has 1 aromatic carbocycles. The van der Waals surface area contributed by atoms with Crippen LogP contribution in [0.5, 0.6) is 0 Å². The van der Waals surface area contributed by atoms with Crippen LogP contribution in [-0.2, 0) is 6.42 Å². The monoisotopic (exact) mass is 280 g/mol. The lowest BCUT2D eigenvalue weighted by molar-refractivity contribution is 0.758. The minimum Gasteiger partial charge on any atom is -0.351 e. The number of anilines is 3. The van der Waals surface area contributed by atoms with Gasteiger partial charge in [-0.2, -0.15) is 4.98 Å². The molecule has 0 spiro atoms. The second-order valence-electron chi connectivity index (χ2n) is 5.99. The Labute approximate surface area is 125 Å². The number of benzene rings is 1. The van der Waals surface area contributed by atoms with Crippen molar-refractivity contribution in [1.29, 1.82) is 0 Å². The second-order valence-corrected chi connectivity index (χ2v) is 5.99. The fourth-order valence-corrected chi connectivity index (χ4v) is 2.94. The van der Waals surface area contributed by atoms with Crippen LogP contribution in [0.1, 0.15) is 30.5 Å².